The largest absolute Gasteiger partial charge is 0.273 e. The standard InChI is InChI=1S/C5H4BrN5/c6-4-8-5(10-9-4)11-2-1-7-3-11/h1-3H,(H,8,9,10). The van der Waals surface area contributed by atoms with Crippen LogP contribution in [0.15, 0.2) is 23.5 Å². The lowest BCUT2D eigenvalue weighted by atomic mass is 10.8. The number of rotatable bonds is 1. The van der Waals surface area contributed by atoms with Crippen molar-refractivity contribution in [2.75, 3.05) is 0 Å². The molecule has 0 unspecified atom stereocenters. The minimum atomic E-state index is 0.578. The number of hydrogen-bond acceptors (Lipinski definition) is 3. The molecule has 0 atom stereocenters. The number of nitrogens with one attached hydrogen (secondary N) is 1. The zero-order valence-electron chi connectivity index (χ0n) is 5.40. The van der Waals surface area contributed by atoms with Gasteiger partial charge in [-0.05, 0) is 15.9 Å². The topological polar surface area (TPSA) is 59.4 Å². The third-order valence-corrected chi connectivity index (χ3v) is 1.54. The Balaban J connectivity index is 2.45. The molecule has 2 heterocycles. The number of H-pyrrole nitrogens is 1. The molecule has 1 N–H and O–H groups in total. The van der Waals surface area contributed by atoms with E-state index in [2.05, 4.69) is 36.1 Å². The Morgan fingerprint density at radius 3 is 3.00 bits per heavy atom. The average Bonchev–Trinajstić information content (AvgIpc) is 2.55. The lowest BCUT2D eigenvalue weighted by molar-refractivity contribution is 0.931. The van der Waals surface area contributed by atoms with E-state index < -0.39 is 0 Å². The summed E-state index contributed by atoms with van der Waals surface area (Å²) in [6, 6.07) is 0. The van der Waals surface area contributed by atoms with Gasteiger partial charge >= 0.3 is 0 Å². The molecule has 56 valence electrons. The fraction of sp³-hybridized carbons (Fsp3) is 0. The van der Waals surface area contributed by atoms with E-state index in [0.29, 0.717) is 10.7 Å². The minimum absolute atomic E-state index is 0.578. The highest BCUT2D eigenvalue weighted by atomic mass is 79.9. The van der Waals surface area contributed by atoms with Crippen molar-refractivity contribution in [1.82, 2.24) is 24.7 Å². The van der Waals surface area contributed by atoms with E-state index in [-0.39, 0.29) is 0 Å². The van der Waals surface area contributed by atoms with Gasteiger partial charge in [0.1, 0.15) is 6.33 Å². The molecule has 0 saturated carbocycles. The van der Waals surface area contributed by atoms with Gasteiger partial charge in [0, 0.05) is 12.4 Å². The normalized spacial score (nSPS) is 10.3. The number of halogens is 1. The van der Waals surface area contributed by atoms with Gasteiger partial charge in [-0.15, -0.1) is 5.10 Å². The maximum atomic E-state index is 4.03. The predicted molar refractivity (Wildman–Crippen MR) is 41.2 cm³/mol. The smallest absolute Gasteiger partial charge is 0.254 e. The van der Waals surface area contributed by atoms with Crippen molar-refractivity contribution in [3.8, 4) is 5.95 Å². The molecule has 0 spiro atoms. The second-order valence-electron chi connectivity index (χ2n) is 1.90. The molecule has 0 aliphatic carbocycles. The van der Waals surface area contributed by atoms with Gasteiger partial charge in [0.15, 0.2) is 4.73 Å². The SMILES string of the molecule is Brc1nc(-n2ccnc2)n[nH]1. The van der Waals surface area contributed by atoms with Crippen LogP contribution in [-0.2, 0) is 0 Å². The summed E-state index contributed by atoms with van der Waals surface area (Å²) in [5.41, 5.74) is 0. The summed E-state index contributed by atoms with van der Waals surface area (Å²) >= 11 is 3.15. The van der Waals surface area contributed by atoms with Crippen LogP contribution in [0, 0.1) is 0 Å². The van der Waals surface area contributed by atoms with E-state index in [4.69, 9.17) is 0 Å². The zero-order valence-corrected chi connectivity index (χ0v) is 6.98. The third kappa shape index (κ3) is 1.16. The van der Waals surface area contributed by atoms with Gasteiger partial charge < -0.3 is 0 Å². The lowest BCUT2D eigenvalue weighted by Crippen LogP contribution is -1.91. The number of nitrogens with zero attached hydrogens (tertiary/aromatic N) is 4. The van der Waals surface area contributed by atoms with Gasteiger partial charge in [0.2, 0.25) is 0 Å². The van der Waals surface area contributed by atoms with Gasteiger partial charge in [-0.3, -0.25) is 9.67 Å². The molecule has 2 aromatic rings. The molecule has 6 heteroatoms. The van der Waals surface area contributed by atoms with Crippen LogP contribution in [0.2, 0.25) is 0 Å². The lowest BCUT2D eigenvalue weighted by Gasteiger charge is -1.88. The van der Waals surface area contributed by atoms with Crippen molar-refractivity contribution in [1.29, 1.82) is 0 Å². The van der Waals surface area contributed by atoms with Crippen molar-refractivity contribution in [2.24, 2.45) is 0 Å². The van der Waals surface area contributed by atoms with Gasteiger partial charge in [0.25, 0.3) is 5.95 Å². The summed E-state index contributed by atoms with van der Waals surface area (Å²) in [4.78, 5) is 7.89. The monoisotopic (exact) mass is 213 g/mol. The van der Waals surface area contributed by atoms with E-state index >= 15 is 0 Å². The summed E-state index contributed by atoms with van der Waals surface area (Å²) in [6.45, 7) is 0. The van der Waals surface area contributed by atoms with Crippen LogP contribution in [-0.4, -0.2) is 24.7 Å². The van der Waals surface area contributed by atoms with E-state index in [1.54, 1.807) is 23.3 Å². The van der Waals surface area contributed by atoms with Crippen LogP contribution in [0.1, 0.15) is 0 Å². The van der Waals surface area contributed by atoms with Crippen LogP contribution in [0.3, 0.4) is 0 Å². The molecule has 0 bridgehead atoms. The number of hydrogen-bond donors (Lipinski definition) is 1. The molecule has 0 aliphatic rings. The molecule has 0 saturated heterocycles. The van der Waals surface area contributed by atoms with Gasteiger partial charge in [-0.2, -0.15) is 4.98 Å². The fourth-order valence-corrected chi connectivity index (χ4v) is 0.974. The van der Waals surface area contributed by atoms with Gasteiger partial charge in [-0.1, -0.05) is 0 Å². The minimum Gasteiger partial charge on any atom is -0.273 e. The van der Waals surface area contributed by atoms with E-state index in [9.17, 15) is 0 Å². The van der Waals surface area contributed by atoms with Crippen LogP contribution < -0.4 is 0 Å². The number of aromatic nitrogens is 5. The maximum Gasteiger partial charge on any atom is 0.254 e. The molecule has 2 rings (SSSR count). The van der Waals surface area contributed by atoms with E-state index in [1.165, 1.54) is 0 Å². The van der Waals surface area contributed by atoms with E-state index in [1.807, 2.05) is 0 Å². The first-order chi connectivity index (χ1) is 5.36. The van der Waals surface area contributed by atoms with Crippen molar-refractivity contribution < 1.29 is 0 Å². The summed E-state index contributed by atoms with van der Waals surface area (Å²) in [5, 5.41) is 6.56. The van der Waals surface area contributed by atoms with Crippen molar-refractivity contribution in [2.45, 2.75) is 0 Å². The Labute approximate surface area is 70.6 Å². The molecular weight excluding hydrogens is 210 g/mol. The summed E-state index contributed by atoms with van der Waals surface area (Å²) in [5.74, 6) is 0.578. The highest BCUT2D eigenvalue weighted by Gasteiger charge is 2.00. The van der Waals surface area contributed by atoms with Crippen molar-refractivity contribution in [3.05, 3.63) is 23.5 Å². The molecule has 11 heavy (non-hydrogen) atoms. The van der Waals surface area contributed by atoms with Crippen molar-refractivity contribution in [3.63, 3.8) is 0 Å². The fourth-order valence-electron chi connectivity index (χ4n) is 0.727. The van der Waals surface area contributed by atoms with Gasteiger partial charge in [-0.25, -0.2) is 4.98 Å². The first-order valence-corrected chi connectivity index (χ1v) is 3.72. The Bertz CT molecular complexity index is 337. The molecule has 0 aromatic carbocycles. The molecule has 5 nitrogen and oxygen atoms in total. The van der Waals surface area contributed by atoms with Crippen molar-refractivity contribution >= 4 is 15.9 Å². The van der Waals surface area contributed by atoms with Gasteiger partial charge in [0.05, 0.1) is 0 Å². The first-order valence-electron chi connectivity index (χ1n) is 2.92. The molecule has 2 aromatic heterocycles. The third-order valence-electron chi connectivity index (χ3n) is 1.18. The quantitative estimate of drug-likeness (QED) is 0.761. The van der Waals surface area contributed by atoms with Crippen LogP contribution in [0.4, 0.5) is 0 Å². The Kier molecular flexibility index (Phi) is 1.46. The summed E-state index contributed by atoms with van der Waals surface area (Å²) in [7, 11) is 0. The predicted octanol–water partition coefficient (Wildman–Crippen LogP) is 0.753. The highest BCUT2D eigenvalue weighted by Crippen LogP contribution is 2.03. The second kappa shape index (κ2) is 2.46. The van der Waals surface area contributed by atoms with Crippen LogP contribution in [0.25, 0.3) is 5.95 Å². The average molecular weight is 214 g/mol. The Morgan fingerprint density at radius 2 is 2.45 bits per heavy atom. The second-order valence-corrected chi connectivity index (χ2v) is 2.65. The molecule has 0 aliphatic heterocycles. The summed E-state index contributed by atoms with van der Waals surface area (Å²) < 4.78 is 2.32. The molecule has 0 amide bonds. The molecule has 0 fully saturated rings. The maximum absolute atomic E-state index is 4.03. The number of aromatic amines is 1. The Morgan fingerprint density at radius 1 is 1.55 bits per heavy atom. The zero-order chi connectivity index (χ0) is 7.68. The van der Waals surface area contributed by atoms with E-state index in [0.717, 1.165) is 0 Å². The number of imidazole rings is 1. The first kappa shape index (κ1) is 6.53. The molecular formula is C5H4BrN5. The Hall–Kier alpha value is -1.17. The molecule has 0 radical (unpaired) electrons. The summed E-state index contributed by atoms with van der Waals surface area (Å²) in [6.07, 6.45) is 5.08. The highest BCUT2D eigenvalue weighted by molar-refractivity contribution is 9.10. The van der Waals surface area contributed by atoms with Crippen LogP contribution in [0.5, 0.6) is 0 Å². The van der Waals surface area contributed by atoms with Crippen LogP contribution >= 0.6 is 15.9 Å².